The molecule has 0 fully saturated rings. The van der Waals surface area contributed by atoms with E-state index in [0.29, 0.717) is 12.1 Å². The number of pyridine rings is 1. The second-order valence-corrected chi connectivity index (χ2v) is 4.08. The summed E-state index contributed by atoms with van der Waals surface area (Å²) in [6.07, 6.45) is 4.78. The van der Waals surface area contributed by atoms with Gasteiger partial charge in [0.25, 0.3) is 0 Å². The van der Waals surface area contributed by atoms with E-state index in [0.717, 1.165) is 10.0 Å². The van der Waals surface area contributed by atoms with E-state index in [1.807, 2.05) is 18.2 Å². The minimum atomic E-state index is -0.613. The number of aliphatic hydroxyl groups is 1. The van der Waals surface area contributed by atoms with Crippen LogP contribution in [-0.2, 0) is 6.42 Å². The number of hydrogen-bond donors (Lipinski definition) is 1. The molecule has 1 atom stereocenters. The third-order valence-corrected chi connectivity index (χ3v) is 2.78. The zero-order valence-electron chi connectivity index (χ0n) is 7.93. The lowest BCUT2D eigenvalue weighted by atomic mass is 10.1. The van der Waals surface area contributed by atoms with Gasteiger partial charge in [0.2, 0.25) is 0 Å². The van der Waals surface area contributed by atoms with Crippen LogP contribution in [0.25, 0.3) is 0 Å². The number of hydrogen-bond acceptors (Lipinski definition) is 3. The molecule has 0 aliphatic heterocycles. The second-order valence-electron chi connectivity index (χ2n) is 3.22. The Hall–Kier alpha value is -1.13. The number of furan rings is 1. The normalized spacial score (nSPS) is 12.7. The van der Waals surface area contributed by atoms with Gasteiger partial charge in [0, 0.05) is 17.1 Å². The van der Waals surface area contributed by atoms with Crippen molar-refractivity contribution in [2.75, 3.05) is 0 Å². The van der Waals surface area contributed by atoms with Crippen LogP contribution < -0.4 is 0 Å². The Labute approximate surface area is 95.9 Å². The number of nitrogens with zero attached hydrogens (tertiary/aromatic N) is 1. The van der Waals surface area contributed by atoms with E-state index >= 15 is 0 Å². The quantitative estimate of drug-likeness (QED) is 0.930. The molecule has 0 aromatic carbocycles. The first-order valence-electron chi connectivity index (χ1n) is 4.57. The maximum absolute atomic E-state index is 9.94. The molecule has 1 N–H and O–H groups in total. The molecular formula is C11H10BrNO2. The van der Waals surface area contributed by atoms with Gasteiger partial charge in [-0.05, 0) is 39.7 Å². The van der Waals surface area contributed by atoms with Gasteiger partial charge in [0.1, 0.15) is 6.10 Å². The molecule has 0 spiro atoms. The molecule has 15 heavy (non-hydrogen) atoms. The van der Waals surface area contributed by atoms with Crippen molar-refractivity contribution in [2.45, 2.75) is 12.5 Å². The number of aromatic nitrogens is 1. The average Bonchev–Trinajstić information content (AvgIpc) is 2.71. The van der Waals surface area contributed by atoms with Gasteiger partial charge in [-0.3, -0.25) is 4.98 Å². The van der Waals surface area contributed by atoms with Crippen molar-refractivity contribution in [3.63, 3.8) is 0 Å². The fraction of sp³-hybridized carbons (Fsp3) is 0.182. The highest BCUT2D eigenvalue weighted by molar-refractivity contribution is 9.10. The maximum Gasteiger partial charge on any atom is 0.101 e. The van der Waals surface area contributed by atoms with Crippen LogP contribution >= 0.6 is 15.9 Å². The minimum Gasteiger partial charge on any atom is -0.472 e. The molecule has 0 aliphatic carbocycles. The Balaban J connectivity index is 2.15. The Morgan fingerprint density at radius 2 is 2.33 bits per heavy atom. The van der Waals surface area contributed by atoms with Gasteiger partial charge in [0.15, 0.2) is 0 Å². The molecule has 1 unspecified atom stereocenters. The van der Waals surface area contributed by atoms with Crippen molar-refractivity contribution in [3.05, 3.63) is 52.7 Å². The predicted molar refractivity (Wildman–Crippen MR) is 59.3 cm³/mol. The lowest BCUT2D eigenvalue weighted by Gasteiger charge is -2.09. The third kappa shape index (κ3) is 2.46. The van der Waals surface area contributed by atoms with E-state index in [1.54, 1.807) is 18.7 Å². The number of halogens is 1. The van der Waals surface area contributed by atoms with E-state index in [1.165, 1.54) is 0 Å². The van der Waals surface area contributed by atoms with Crippen molar-refractivity contribution < 1.29 is 9.52 Å². The van der Waals surface area contributed by atoms with Crippen LogP contribution in [0.2, 0.25) is 0 Å². The van der Waals surface area contributed by atoms with Crippen LogP contribution in [0.4, 0.5) is 0 Å². The fourth-order valence-corrected chi connectivity index (χ4v) is 1.89. The molecule has 2 heterocycles. The Kier molecular flexibility index (Phi) is 3.18. The molecule has 2 aromatic rings. The average molecular weight is 268 g/mol. The first kappa shape index (κ1) is 10.4. The van der Waals surface area contributed by atoms with Crippen LogP contribution in [-0.4, -0.2) is 10.1 Å². The van der Waals surface area contributed by atoms with E-state index < -0.39 is 6.10 Å². The highest BCUT2D eigenvalue weighted by Crippen LogP contribution is 2.23. The molecular weight excluding hydrogens is 258 g/mol. The molecule has 4 heteroatoms. The summed E-state index contributed by atoms with van der Waals surface area (Å²) in [6.45, 7) is 0. The van der Waals surface area contributed by atoms with Crippen LogP contribution in [0.3, 0.4) is 0 Å². The van der Waals surface area contributed by atoms with Gasteiger partial charge in [-0.25, -0.2) is 0 Å². The smallest absolute Gasteiger partial charge is 0.101 e. The Morgan fingerprint density at radius 3 is 3.00 bits per heavy atom. The van der Waals surface area contributed by atoms with Gasteiger partial charge < -0.3 is 9.52 Å². The molecule has 0 aliphatic rings. The maximum atomic E-state index is 9.94. The Bertz CT molecular complexity index is 428. The van der Waals surface area contributed by atoms with Crippen molar-refractivity contribution in [1.29, 1.82) is 0 Å². The topological polar surface area (TPSA) is 46.3 Å². The first-order valence-corrected chi connectivity index (χ1v) is 5.36. The summed E-state index contributed by atoms with van der Waals surface area (Å²) in [7, 11) is 0. The summed E-state index contributed by atoms with van der Waals surface area (Å²) in [5, 5.41) is 9.94. The molecule has 0 bridgehead atoms. The van der Waals surface area contributed by atoms with Crippen molar-refractivity contribution in [2.24, 2.45) is 0 Å². The van der Waals surface area contributed by atoms with Gasteiger partial charge in [-0.1, -0.05) is 0 Å². The fourth-order valence-electron chi connectivity index (χ4n) is 1.37. The number of aliphatic hydroxyl groups excluding tert-OH is 1. The summed E-state index contributed by atoms with van der Waals surface area (Å²) in [6, 6.07) is 5.51. The minimum absolute atomic E-state index is 0.506. The lowest BCUT2D eigenvalue weighted by molar-refractivity contribution is 0.172. The van der Waals surface area contributed by atoms with Crippen molar-refractivity contribution in [1.82, 2.24) is 4.98 Å². The van der Waals surface area contributed by atoms with Crippen LogP contribution in [0, 0.1) is 0 Å². The van der Waals surface area contributed by atoms with Crippen molar-refractivity contribution >= 4 is 15.9 Å². The molecule has 0 amide bonds. The van der Waals surface area contributed by atoms with Gasteiger partial charge in [0.05, 0.1) is 18.2 Å². The van der Waals surface area contributed by atoms with E-state index in [4.69, 9.17) is 4.42 Å². The number of rotatable bonds is 3. The van der Waals surface area contributed by atoms with Crippen LogP contribution in [0.15, 0.2) is 45.8 Å². The largest absolute Gasteiger partial charge is 0.472 e. The van der Waals surface area contributed by atoms with Crippen LogP contribution in [0.1, 0.15) is 17.4 Å². The molecule has 0 saturated carbocycles. The Morgan fingerprint density at radius 1 is 1.47 bits per heavy atom. The van der Waals surface area contributed by atoms with E-state index in [-0.39, 0.29) is 0 Å². The summed E-state index contributed by atoms with van der Waals surface area (Å²) in [5.41, 5.74) is 1.61. The zero-order chi connectivity index (χ0) is 10.7. The molecule has 78 valence electrons. The summed E-state index contributed by atoms with van der Waals surface area (Å²) >= 11 is 3.36. The zero-order valence-corrected chi connectivity index (χ0v) is 9.52. The van der Waals surface area contributed by atoms with E-state index in [9.17, 15) is 5.11 Å². The van der Waals surface area contributed by atoms with Gasteiger partial charge >= 0.3 is 0 Å². The monoisotopic (exact) mass is 267 g/mol. The SMILES string of the molecule is OC(Cc1ccoc1)c1ncccc1Br. The van der Waals surface area contributed by atoms with E-state index in [2.05, 4.69) is 20.9 Å². The molecule has 2 aromatic heterocycles. The highest BCUT2D eigenvalue weighted by Gasteiger charge is 2.13. The molecule has 3 nitrogen and oxygen atoms in total. The predicted octanol–water partition coefficient (Wildman–Crippen LogP) is 2.71. The molecule has 0 saturated heterocycles. The third-order valence-electron chi connectivity index (χ3n) is 2.11. The molecule has 0 radical (unpaired) electrons. The van der Waals surface area contributed by atoms with Gasteiger partial charge in [-0.2, -0.15) is 0 Å². The first-order chi connectivity index (χ1) is 7.27. The van der Waals surface area contributed by atoms with Crippen molar-refractivity contribution in [3.8, 4) is 0 Å². The summed E-state index contributed by atoms with van der Waals surface area (Å²) < 4.78 is 5.76. The lowest BCUT2D eigenvalue weighted by Crippen LogP contribution is -2.04. The summed E-state index contributed by atoms with van der Waals surface area (Å²) in [5.74, 6) is 0. The summed E-state index contributed by atoms with van der Waals surface area (Å²) in [4.78, 5) is 4.13. The molecule has 2 rings (SSSR count). The standard InChI is InChI=1S/C11H10BrNO2/c12-9-2-1-4-13-11(9)10(14)6-8-3-5-15-7-8/h1-5,7,10,14H,6H2. The highest BCUT2D eigenvalue weighted by atomic mass is 79.9. The second kappa shape index (κ2) is 4.59. The van der Waals surface area contributed by atoms with Crippen LogP contribution in [0.5, 0.6) is 0 Å². The van der Waals surface area contributed by atoms with Gasteiger partial charge in [-0.15, -0.1) is 0 Å².